The van der Waals surface area contributed by atoms with Gasteiger partial charge in [-0.3, -0.25) is 14.5 Å². The molecule has 0 fully saturated rings. The molecule has 0 amide bonds. The molecular weight excluding hydrogens is 523 g/mol. The summed E-state index contributed by atoms with van der Waals surface area (Å²) in [4.78, 5) is 36.4. The van der Waals surface area contributed by atoms with Gasteiger partial charge < -0.3 is 25.0 Å². The molecule has 13 heteroatoms. The third kappa shape index (κ3) is 10.2. The zero-order chi connectivity index (χ0) is 29.0. The van der Waals surface area contributed by atoms with Crippen molar-refractivity contribution in [1.82, 2.24) is 14.5 Å². The van der Waals surface area contributed by atoms with E-state index in [0.29, 0.717) is 18.7 Å². The molecule has 0 unspecified atom stereocenters. The number of aliphatic carboxylic acids is 3. The van der Waals surface area contributed by atoms with Crippen LogP contribution in [0.5, 0.6) is 0 Å². The van der Waals surface area contributed by atoms with Crippen LogP contribution in [-0.4, -0.2) is 64.9 Å². The fourth-order valence-corrected chi connectivity index (χ4v) is 3.60. The van der Waals surface area contributed by atoms with Gasteiger partial charge in [0.05, 0.1) is 19.2 Å². The number of carboxylic acids is 3. The molecule has 3 aromatic rings. The highest BCUT2D eigenvalue weighted by atomic mass is 19.2. The van der Waals surface area contributed by atoms with Gasteiger partial charge in [-0.15, -0.1) is 0 Å². The third-order valence-corrected chi connectivity index (χ3v) is 5.51. The van der Waals surface area contributed by atoms with E-state index in [9.17, 15) is 27.6 Å². The predicted octanol–water partition coefficient (Wildman–Crippen LogP) is 3.14. The van der Waals surface area contributed by atoms with E-state index >= 15 is 0 Å². The summed E-state index contributed by atoms with van der Waals surface area (Å²) < 4.78 is 43.5. The van der Waals surface area contributed by atoms with Crippen molar-refractivity contribution in [3.63, 3.8) is 0 Å². The van der Waals surface area contributed by atoms with Crippen molar-refractivity contribution in [2.45, 2.75) is 44.5 Å². The summed E-state index contributed by atoms with van der Waals surface area (Å²) in [6.07, 6.45) is 3.80. The van der Waals surface area contributed by atoms with Gasteiger partial charge in [-0.25, -0.2) is 22.9 Å². The number of aryl methyl sites for hydroxylation is 1. The summed E-state index contributed by atoms with van der Waals surface area (Å²) in [7, 11) is 0. The van der Waals surface area contributed by atoms with Crippen LogP contribution < -0.4 is 0 Å². The van der Waals surface area contributed by atoms with Gasteiger partial charge in [0, 0.05) is 49.7 Å². The Labute approximate surface area is 221 Å². The fourth-order valence-electron chi connectivity index (χ4n) is 3.60. The zero-order valence-corrected chi connectivity index (χ0v) is 20.7. The van der Waals surface area contributed by atoms with E-state index in [2.05, 4.69) is 4.98 Å². The molecule has 4 N–H and O–H groups in total. The Bertz CT molecular complexity index is 1240. The Morgan fingerprint density at radius 1 is 0.872 bits per heavy atom. The lowest BCUT2D eigenvalue weighted by atomic mass is 9.96. The third-order valence-electron chi connectivity index (χ3n) is 5.51. The van der Waals surface area contributed by atoms with Crippen molar-refractivity contribution in [3.05, 3.63) is 89.8 Å². The van der Waals surface area contributed by atoms with Gasteiger partial charge in [0.1, 0.15) is 5.82 Å². The van der Waals surface area contributed by atoms with Gasteiger partial charge in [-0.1, -0.05) is 30.3 Å². The minimum absolute atomic E-state index is 0.210. The maximum absolute atomic E-state index is 14.0. The minimum atomic E-state index is -2.74. The van der Waals surface area contributed by atoms with Crippen LogP contribution in [0.15, 0.2) is 61.2 Å². The van der Waals surface area contributed by atoms with Crippen molar-refractivity contribution in [1.29, 1.82) is 0 Å². The van der Waals surface area contributed by atoms with Gasteiger partial charge in [0.15, 0.2) is 17.2 Å². The molecule has 0 aliphatic carbocycles. The van der Waals surface area contributed by atoms with E-state index in [-0.39, 0.29) is 17.9 Å². The minimum Gasteiger partial charge on any atom is -0.481 e. The largest absolute Gasteiger partial charge is 0.481 e. The van der Waals surface area contributed by atoms with Crippen LogP contribution in [0, 0.1) is 17.5 Å². The van der Waals surface area contributed by atoms with E-state index in [1.54, 1.807) is 36.8 Å². The lowest BCUT2D eigenvalue weighted by molar-refractivity contribution is -0.170. The van der Waals surface area contributed by atoms with E-state index in [1.807, 2.05) is 15.7 Å². The van der Waals surface area contributed by atoms with Gasteiger partial charge in [0.25, 0.3) is 0 Å². The van der Waals surface area contributed by atoms with E-state index < -0.39 is 48.0 Å². The summed E-state index contributed by atoms with van der Waals surface area (Å²) in [5.41, 5.74) is -1.94. The summed E-state index contributed by atoms with van der Waals surface area (Å²) in [6.45, 7) is 1.90. The molecule has 1 heterocycles. The van der Waals surface area contributed by atoms with Gasteiger partial charge in [-0.05, 0) is 18.6 Å². The topological polar surface area (TPSA) is 153 Å². The molecule has 0 aliphatic rings. The summed E-state index contributed by atoms with van der Waals surface area (Å²) in [6, 6.07) is 10.7. The Morgan fingerprint density at radius 2 is 1.46 bits per heavy atom. The average Bonchev–Trinajstić information content (AvgIpc) is 3.36. The summed E-state index contributed by atoms with van der Waals surface area (Å²) >= 11 is 0. The highest BCUT2D eigenvalue weighted by molar-refractivity contribution is 5.88. The zero-order valence-electron chi connectivity index (χ0n) is 20.7. The number of aromatic nitrogens is 2. The van der Waals surface area contributed by atoms with Crippen LogP contribution in [0.25, 0.3) is 0 Å². The van der Waals surface area contributed by atoms with E-state index in [4.69, 9.17) is 20.4 Å². The molecule has 3 rings (SSSR count). The molecule has 39 heavy (non-hydrogen) atoms. The number of nitrogens with zero attached hydrogens (tertiary/aromatic N) is 3. The molecular formula is C26H28F3N3O7. The molecule has 0 aliphatic heterocycles. The second-order valence-electron chi connectivity index (χ2n) is 8.65. The number of carboxylic acid groups (broad SMARTS) is 3. The molecule has 0 saturated heterocycles. The lowest BCUT2D eigenvalue weighted by Gasteiger charge is -2.23. The molecule has 0 bridgehead atoms. The molecule has 0 atom stereocenters. The SMILES string of the molecule is Fc1ccccc1CN(CCCn1ccnc1)Cc1cccc(F)c1F.O=C(O)CC(O)(CC(=O)O)C(=O)O. The molecule has 0 radical (unpaired) electrons. The smallest absolute Gasteiger partial charge is 0.336 e. The lowest BCUT2D eigenvalue weighted by Crippen LogP contribution is -2.42. The van der Waals surface area contributed by atoms with Crippen LogP contribution in [0.1, 0.15) is 30.4 Å². The first kappa shape index (κ1) is 31.0. The van der Waals surface area contributed by atoms with Gasteiger partial charge >= 0.3 is 17.9 Å². The highest BCUT2D eigenvalue weighted by Gasteiger charge is 2.40. The Morgan fingerprint density at radius 3 is 2.03 bits per heavy atom. The number of benzene rings is 2. The van der Waals surface area contributed by atoms with Gasteiger partial charge in [-0.2, -0.15) is 0 Å². The van der Waals surface area contributed by atoms with Crippen LogP contribution >= 0.6 is 0 Å². The number of hydrogen-bond donors (Lipinski definition) is 4. The van der Waals surface area contributed by atoms with Crippen LogP contribution in [0.2, 0.25) is 0 Å². The molecule has 2 aromatic carbocycles. The monoisotopic (exact) mass is 551 g/mol. The maximum Gasteiger partial charge on any atom is 0.336 e. The first-order chi connectivity index (χ1) is 18.4. The number of hydrogen-bond acceptors (Lipinski definition) is 6. The van der Waals surface area contributed by atoms with Crippen molar-refractivity contribution < 1.29 is 48.0 Å². The second-order valence-corrected chi connectivity index (χ2v) is 8.65. The van der Waals surface area contributed by atoms with Crippen molar-refractivity contribution in [3.8, 4) is 0 Å². The number of rotatable bonds is 13. The predicted molar refractivity (Wildman–Crippen MR) is 131 cm³/mol. The Balaban J connectivity index is 0.000000349. The summed E-state index contributed by atoms with van der Waals surface area (Å²) in [5, 5.41) is 33.8. The Kier molecular flexibility index (Phi) is 11.6. The number of imidazole rings is 1. The normalized spacial score (nSPS) is 11.1. The van der Waals surface area contributed by atoms with Crippen LogP contribution in [-0.2, 0) is 34.0 Å². The van der Waals surface area contributed by atoms with Crippen molar-refractivity contribution in [2.24, 2.45) is 0 Å². The standard InChI is InChI=1S/C20H20F3N3.C6H8O7/c21-18-7-2-1-5-16(18)13-26(11-4-10-25-12-9-24-15-25)14-17-6-3-8-19(22)20(17)23;7-3(8)1-6(13,5(11)12)2-4(9)10/h1-3,5-9,12,15H,4,10-11,13-14H2;13H,1-2H2,(H,7,8)(H,9,10)(H,11,12). The first-order valence-corrected chi connectivity index (χ1v) is 11.6. The van der Waals surface area contributed by atoms with Crippen molar-refractivity contribution >= 4 is 17.9 Å². The molecule has 0 saturated carbocycles. The quantitative estimate of drug-likeness (QED) is 0.251. The first-order valence-electron chi connectivity index (χ1n) is 11.6. The fraction of sp³-hybridized carbons (Fsp3) is 0.308. The second kappa shape index (κ2) is 14.6. The molecule has 10 nitrogen and oxygen atoms in total. The van der Waals surface area contributed by atoms with E-state index in [1.165, 1.54) is 12.1 Å². The highest BCUT2D eigenvalue weighted by Crippen LogP contribution is 2.18. The van der Waals surface area contributed by atoms with Crippen LogP contribution in [0.4, 0.5) is 13.2 Å². The average molecular weight is 552 g/mol. The van der Waals surface area contributed by atoms with Crippen LogP contribution in [0.3, 0.4) is 0 Å². The molecule has 0 spiro atoms. The number of halogens is 3. The van der Waals surface area contributed by atoms with Crippen molar-refractivity contribution in [2.75, 3.05) is 6.54 Å². The van der Waals surface area contributed by atoms with E-state index in [0.717, 1.165) is 19.0 Å². The maximum atomic E-state index is 14.0. The van der Waals surface area contributed by atoms with Gasteiger partial charge in [0.2, 0.25) is 0 Å². The summed E-state index contributed by atoms with van der Waals surface area (Å²) in [5.74, 6) is -7.03. The molecule has 210 valence electrons. The molecule has 1 aromatic heterocycles. The number of aliphatic hydroxyl groups is 1. The number of carbonyl (C=O) groups is 3. The Hall–Kier alpha value is -4.23.